The fourth-order valence-corrected chi connectivity index (χ4v) is 5.04. The van der Waals surface area contributed by atoms with Crippen molar-refractivity contribution < 1.29 is 19.1 Å². The number of nitrogens with one attached hydrogen (secondary N) is 1. The Bertz CT molecular complexity index is 940. The first kappa shape index (κ1) is 22.2. The number of nitrogens with zero attached hydrogens (tertiary/aromatic N) is 1. The lowest BCUT2D eigenvalue weighted by Crippen LogP contribution is -2.36. The van der Waals surface area contributed by atoms with Crippen molar-refractivity contribution in [2.45, 2.75) is 38.1 Å². The Morgan fingerprint density at radius 2 is 1.75 bits per heavy atom. The lowest BCUT2D eigenvalue weighted by molar-refractivity contribution is -0.134. The minimum atomic E-state index is -0.343. The van der Waals surface area contributed by atoms with Crippen molar-refractivity contribution in [3.05, 3.63) is 59.7 Å². The molecule has 2 aromatic rings. The molecule has 2 unspecified atom stereocenters. The first-order valence-corrected chi connectivity index (χ1v) is 11.4. The van der Waals surface area contributed by atoms with Gasteiger partial charge in [-0.2, -0.15) is 0 Å². The molecule has 1 heterocycles. The maximum absolute atomic E-state index is 13.3. The van der Waals surface area contributed by atoms with E-state index in [0.717, 1.165) is 36.8 Å². The average molecular weight is 437 g/mol. The van der Waals surface area contributed by atoms with E-state index in [9.17, 15) is 9.59 Å². The smallest absolute Gasteiger partial charge is 0.225 e. The SMILES string of the molecule is COc1ccc(OC)c(C2CN(C(=O)C3CCCC3)CC2C(=O)NCc2ccccc2)c1. The minimum Gasteiger partial charge on any atom is -0.497 e. The van der Waals surface area contributed by atoms with Gasteiger partial charge < -0.3 is 19.7 Å². The Morgan fingerprint density at radius 3 is 2.44 bits per heavy atom. The fraction of sp³-hybridized carbons (Fsp3) is 0.462. The molecular formula is C26H32N2O4. The molecule has 6 heteroatoms. The highest BCUT2D eigenvalue weighted by molar-refractivity contribution is 5.84. The second kappa shape index (κ2) is 10.1. The molecule has 2 aromatic carbocycles. The first-order valence-electron chi connectivity index (χ1n) is 11.4. The third-order valence-corrected chi connectivity index (χ3v) is 6.82. The van der Waals surface area contributed by atoms with Crippen molar-refractivity contribution in [1.82, 2.24) is 10.2 Å². The molecular weight excluding hydrogens is 404 g/mol. The van der Waals surface area contributed by atoms with E-state index in [4.69, 9.17) is 9.47 Å². The summed E-state index contributed by atoms with van der Waals surface area (Å²) in [6.45, 7) is 1.41. The van der Waals surface area contributed by atoms with Crippen LogP contribution >= 0.6 is 0 Å². The Balaban J connectivity index is 1.58. The van der Waals surface area contributed by atoms with Crippen LogP contribution in [0.2, 0.25) is 0 Å². The normalized spacial score (nSPS) is 20.9. The van der Waals surface area contributed by atoms with E-state index >= 15 is 0 Å². The van der Waals surface area contributed by atoms with Gasteiger partial charge in [-0.05, 0) is 36.6 Å². The van der Waals surface area contributed by atoms with Gasteiger partial charge in [0.05, 0.1) is 20.1 Å². The van der Waals surface area contributed by atoms with Crippen LogP contribution in [-0.4, -0.2) is 44.0 Å². The lowest BCUT2D eigenvalue weighted by Gasteiger charge is -2.21. The van der Waals surface area contributed by atoms with E-state index in [1.54, 1.807) is 14.2 Å². The van der Waals surface area contributed by atoms with Crippen molar-refractivity contribution >= 4 is 11.8 Å². The highest BCUT2D eigenvalue weighted by Crippen LogP contribution is 2.41. The molecule has 1 saturated carbocycles. The second-order valence-electron chi connectivity index (χ2n) is 8.75. The number of methoxy groups -OCH3 is 2. The van der Waals surface area contributed by atoms with Crippen LogP contribution < -0.4 is 14.8 Å². The number of hydrogen-bond acceptors (Lipinski definition) is 4. The summed E-state index contributed by atoms with van der Waals surface area (Å²) in [5.41, 5.74) is 1.96. The quantitative estimate of drug-likeness (QED) is 0.718. The number of hydrogen-bond donors (Lipinski definition) is 1. The predicted octanol–water partition coefficient (Wildman–Crippen LogP) is 3.75. The van der Waals surface area contributed by atoms with Gasteiger partial charge in [0.15, 0.2) is 0 Å². The van der Waals surface area contributed by atoms with Crippen LogP contribution in [0, 0.1) is 11.8 Å². The Kier molecular flexibility index (Phi) is 6.98. The average Bonchev–Trinajstić information content (AvgIpc) is 3.53. The number of carbonyl (C=O) groups excluding carboxylic acids is 2. The van der Waals surface area contributed by atoms with Crippen molar-refractivity contribution in [2.24, 2.45) is 11.8 Å². The van der Waals surface area contributed by atoms with Crippen LogP contribution in [0.1, 0.15) is 42.7 Å². The molecule has 1 aliphatic carbocycles. The van der Waals surface area contributed by atoms with Crippen molar-refractivity contribution in [1.29, 1.82) is 0 Å². The minimum absolute atomic E-state index is 0.0366. The maximum atomic E-state index is 13.3. The topological polar surface area (TPSA) is 67.9 Å². The molecule has 0 radical (unpaired) electrons. The molecule has 0 bridgehead atoms. The summed E-state index contributed by atoms with van der Waals surface area (Å²) in [5.74, 6) is 1.18. The van der Waals surface area contributed by atoms with Crippen LogP contribution in [0.5, 0.6) is 11.5 Å². The summed E-state index contributed by atoms with van der Waals surface area (Å²) in [6.07, 6.45) is 4.12. The zero-order valence-corrected chi connectivity index (χ0v) is 18.9. The largest absolute Gasteiger partial charge is 0.497 e. The number of likely N-dealkylation sites (tertiary alicyclic amines) is 1. The summed E-state index contributed by atoms with van der Waals surface area (Å²) < 4.78 is 11.1. The van der Waals surface area contributed by atoms with E-state index in [2.05, 4.69) is 5.32 Å². The molecule has 1 aliphatic heterocycles. The Hall–Kier alpha value is -3.02. The molecule has 170 valence electrons. The van der Waals surface area contributed by atoms with Crippen molar-refractivity contribution in [3.63, 3.8) is 0 Å². The number of benzene rings is 2. The summed E-state index contributed by atoms with van der Waals surface area (Å²) in [5, 5.41) is 3.09. The molecule has 2 amide bonds. The van der Waals surface area contributed by atoms with Crippen molar-refractivity contribution in [2.75, 3.05) is 27.3 Å². The monoisotopic (exact) mass is 436 g/mol. The molecule has 2 fully saturated rings. The molecule has 32 heavy (non-hydrogen) atoms. The lowest BCUT2D eigenvalue weighted by atomic mass is 9.87. The summed E-state index contributed by atoms with van der Waals surface area (Å²) >= 11 is 0. The van der Waals surface area contributed by atoms with Gasteiger partial charge in [0.1, 0.15) is 11.5 Å². The number of amides is 2. The van der Waals surface area contributed by atoms with Gasteiger partial charge in [-0.15, -0.1) is 0 Å². The van der Waals surface area contributed by atoms with Crippen LogP contribution in [0.15, 0.2) is 48.5 Å². The molecule has 0 spiro atoms. The van der Waals surface area contributed by atoms with E-state index in [1.807, 2.05) is 53.4 Å². The van der Waals surface area contributed by atoms with Crippen LogP contribution in [0.4, 0.5) is 0 Å². The molecule has 1 saturated heterocycles. The van der Waals surface area contributed by atoms with E-state index < -0.39 is 0 Å². The van der Waals surface area contributed by atoms with Gasteiger partial charge in [-0.3, -0.25) is 9.59 Å². The Morgan fingerprint density at radius 1 is 1.00 bits per heavy atom. The van der Waals surface area contributed by atoms with Crippen molar-refractivity contribution in [3.8, 4) is 11.5 Å². The highest BCUT2D eigenvalue weighted by atomic mass is 16.5. The second-order valence-corrected chi connectivity index (χ2v) is 8.75. The fourth-order valence-electron chi connectivity index (χ4n) is 5.04. The summed E-state index contributed by atoms with van der Waals surface area (Å²) in [6, 6.07) is 15.5. The number of ether oxygens (including phenoxy) is 2. The zero-order chi connectivity index (χ0) is 22.5. The molecule has 2 aliphatic rings. The highest BCUT2D eigenvalue weighted by Gasteiger charge is 2.43. The molecule has 0 aromatic heterocycles. The molecule has 6 nitrogen and oxygen atoms in total. The number of carbonyl (C=O) groups is 2. The van der Waals surface area contributed by atoms with Gasteiger partial charge in [-0.25, -0.2) is 0 Å². The standard InChI is InChI=1S/C26H32N2O4/c1-31-20-12-13-24(32-2)21(14-20)22-16-28(26(30)19-10-6-7-11-19)17-23(22)25(29)27-15-18-8-4-3-5-9-18/h3-5,8-9,12-14,19,22-23H,6-7,10-11,15-17H2,1-2H3,(H,27,29). The third kappa shape index (κ3) is 4.74. The molecule has 2 atom stereocenters. The van der Waals surface area contributed by atoms with E-state index in [0.29, 0.717) is 31.1 Å². The summed E-state index contributed by atoms with van der Waals surface area (Å²) in [7, 11) is 3.26. The maximum Gasteiger partial charge on any atom is 0.225 e. The molecule has 4 rings (SSSR count). The van der Waals surface area contributed by atoms with E-state index in [1.165, 1.54) is 0 Å². The van der Waals surface area contributed by atoms with E-state index in [-0.39, 0.29) is 29.6 Å². The number of rotatable bonds is 7. The zero-order valence-electron chi connectivity index (χ0n) is 18.9. The van der Waals surface area contributed by atoms with Gasteiger partial charge in [0.25, 0.3) is 0 Å². The van der Waals surface area contributed by atoms with Crippen LogP contribution in [0.25, 0.3) is 0 Å². The Labute approximate surface area is 189 Å². The van der Waals surface area contributed by atoms with Gasteiger partial charge in [0.2, 0.25) is 11.8 Å². The van der Waals surface area contributed by atoms with Gasteiger partial charge in [-0.1, -0.05) is 43.2 Å². The van der Waals surface area contributed by atoms with Gasteiger partial charge >= 0.3 is 0 Å². The van der Waals surface area contributed by atoms with Crippen LogP contribution in [-0.2, 0) is 16.1 Å². The third-order valence-electron chi connectivity index (χ3n) is 6.82. The predicted molar refractivity (Wildman–Crippen MR) is 123 cm³/mol. The van der Waals surface area contributed by atoms with Crippen LogP contribution in [0.3, 0.4) is 0 Å². The molecule has 1 N–H and O–H groups in total. The van der Waals surface area contributed by atoms with Gasteiger partial charge in [0, 0.05) is 37.0 Å². The summed E-state index contributed by atoms with van der Waals surface area (Å²) in [4.78, 5) is 28.4. The first-order chi connectivity index (χ1) is 15.6.